The molecule has 2 aliphatic rings. The minimum Gasteiger partial charge on any atom is -0.490 e. The number of carbonyl (C=O) groups is 4. The zero-order valence-corrected chi connectivity index (χ0v) is 23.9. The molecule has 0 aromatic heterocycles. The van der Waals surface area contributed by atoms with Crippen LogP contribution in [-0.2, 0) is 19.1 Å². The van der Waals surface area contributed by atoms with Gasteiger partial charge in [-0.05, 0) is 39.8 Å². The number of carbonyl (C=O) groups excluding carboxylic acids is 4. The molecule has 0 radical (unpaired) electrons. The van der Waals surface area contributed by atoms with E-state index in [1.807, 2.05) is 0 Å². The van der Waals surface area contributed by atoms with Gasteiger partial charge in [-0.1, -0.05) is 36.4 Å². The van der Waals surface area contributed by atoms with Crippen LogP contribution in [-0.4, -0.2) is 50.4 Å². The molecule has 2 aromatic rings. The molecule has 42 heavy (non-hydrogen) atoms. The zero-order chi connectivity index (χ0) is 30.2. The van der Waals surface area contributed by atoms with Gasteiger partial charge in [0, 0.05) is 22.5 Å². The number of esters is 2. The summed E-state index contributed by atoms with van der Waals surface area (Å²) in [6.07, 6.45) is 0. The second-order valence-corrected chi connectivity index (χ2v) is 9.35. The average molecular weight is 579 g/mol. The topological polar surface area (TPSA) is 153 Å². The van der Waals surface area contributed by atoms with Crippen molar-refractivity contribution in [1.82, 2.24) is 21.3 Å². The van der Waals surface area contributed by atoms with Crippen molar-refractivity contribution in [2.45, 2.75) is 39.8 Å². The second kappa shape index (κ2) is 13.6. The molecule has 0 saturated heterocycles. The number of amides is 4. The second-order valence-electron chi connectivity index (χ2n) is 9.35. The number of nitrogens with one attached hydrogen (secondary N) is 4. The first-order valence-electron chi connectivity index (χ1n) is 13.6. The minimum atomic E-state index is -0.782. The molecule has 222 valence electrons. The van der Waals surface area contributed by atoms with Crippen molar-refractivity contribution < 1.29 is 38.1 Å². The van der Waals surface area contributed by atoms with E-state index in [-0.39, 0.29) is 37.6 Å². The number of benzene rings is 2. The number of rotatable bonds is 11. The predicted molar refractivity (Wildman–Crippen MR) is 151 cm³/mol. The van der Waals surface area contributed by atoms with Crippen molar-refractivity contribution in [3.05, 3.63) is 82.2 Å². The summed E-state index contributed by atoms with van der Waals surface area (Å²) in [6.45, 7) is 7.29. The van der Waals surface area contributed by atoms with Gasteiger partial charge in [-0.15, -0.1) is 0 Å². The molecule has 0 aliphatic carbocycles. The molecule has 4 amide bonds. The van der Waals surface area contributed by atoms with Gasteiger partial charge in [0.2, 0.25) is 0 Å². The molecule has 12 nitrogen and oxygen atoms in total. The number of para-hydroxylation sites is 2. The van der Waals surface area contributed by atoms with Gasteiger partial charge in [0.25, 0.3) is 0 Å². The lowest BCUT2D eigenvalue weighted by Gasteiger charge is -2.29. The van der Waals surface area contributed by atoms with Gasteiger partial charge in [0.15, 0.2) is 0 Å². The lowest BCUT2D eigenvalue weighted by atomic mass is 9.95. The van der Waals surface area contributed by atoms with Crippen LogP contribution in [0.5, 0.6) is 11.5 Å². The van der Waals surface area contributed by atoms with Gasteiger partial charge in [-0.25, -0.2) is 19.2 Å². The molecule has 12 heteroatoms. The van der Waals surface area contributed by atoms with Crippen LogP contribution in [0.4, 0.5) is 9.59 Å². The highest BCUT2D eigenvalue weighted by Crippen LogP contribution is 2.35. The van der Waals surface area contributed by atoms with E-state index in [9.17, 15) is 19.2 Å². The molecule has 0 spiro atoms. The van der Waals surface area contributed by atoms with Crippen molar-refractivity contribution in [2.75, 3.05) is 26.4 Å². The number of ether oxygens (including phenoxy) is 4. The van der Waals surface area contributed by atoms with Crippen LogP contribution in [0.1, 0.15) is 50.9 Å². The summed E-state index contributed by atoms with van der Waals surface area (Å²) in [4.78, 5) is 50.0. The van der Waals surface area contributed by atoms with Gasteiger partial charge in [-0.3, -0.25) is 0 Å². The fraction of sp³-hybridized carbons (Fsp3) is 0.333. The first-order valence-corrected chi connectivity index (χ1v) is 13.6. The molecule has 2 atom stereocenters. The summed E-state index contributed by atoms with van der Waals surface area (Å²) in [7, 11) is 0. The molecular weight excluding hydrogens is 544 g/mol. The smallest absolute Gasteiger partial charge is 0.338 e. The SMILES string of the molecule is CCOC(=O)C1=C(C)NC(=O)N[C@@H]1c1ccccc1OCCOc1ccccc1[C@H]1NC(=O)NC(C)=C1C(=O)OCC. The molecule has 0 fully saturated rings. The molecule has 4 N–H and O–H groups in total. The Kier molecular flexibility index (Phi) is 9.69. The zero-order valence-electron chi connectivity index (χ0n) is 23.9. The van der Waals surface area contributed by atoms with E-state index in [1.54, 1.807) is 76.2 Å². The highest BCUT2D eigenvalue weighted by molar-refractivity contribution is 5.96. The van der Waals surface area contributed by atoms with Crippen LogP contribution in [0.2, 0.25) is 0 Å². The molecule has 2 heterocycles. The van der Waals surface area contributed by atoms with E-state index in [0.717, 1.165) is 0 Å². The fourth-order valence-corrected chi connectivity index (χ4v) is 4.82. The molecule has 4 rings (SSSR count). The molecule has 2 aromatic carbocycles. The van der Waals surface area contributed by atoms with E-state index in [0.29, 0.717) is 34.0 Å². The summed E-state index contributed by atoms with van der Waals surface area (Å²) in [5.41, 5.74) is 2.51. The van der Waals surface area contributed by atoms with Crippen molar-refractivity contribution in [3.63, 3.8) is 0 Å². The third-order valence-corrected chi connectivity index (χ3v) is 6.59. The van der Waals surface area contributed by atoms with Gasteiger partial charge in [-0.2, -0.15) is 0 Å². The van der Waals surface area contributed by atoms with Crippen LogP contribution >= 0.6 is 0 Å². The maximum absolute atomic E-state index is 12.7. The Morgan fingerprint density at radius 1 is 0.667 bits per heavy atom. The number of hydrogen-bond acceptors (Lipinski definition) is 8. The lowest BCUT2D eigenvalue weighted by molar-refractivity contribution is -0.140. The normalized spacial score (nSPS) is 18.3. The van der Waals surface area contributed by atoms with E-state index in [2.05, 4.69) is 21.3 Å². The highest BCUT2D eigenvalue weighted by atomic mass is 16.5. The van der Waals surface area contributed by atoms with Crippen molar-refractivity contribution >= 4 is 24.0 Å². The first kappa shape index (κ1) is 30.0. The number of allylic oxidation sites excluding steroid dienone is 2. The first-order chi connectivity index (χ1) is 20.2. The van der Waals surface area contributed by atoms with Crippen LogP contribution in [0.15, 0.2) is 71.1 Å². The molecule has 0 bridgehead atoms. The maximum atomic E-state index is 12.7. The standard InChI is InChI=1S/C30H34N4O8/c1-5-39-27(35)23-17(3)31-29(37)33-25(23)19-11-7-9-13-21(19)41-15-16-42-22-14-10-8-12-20(22)26-24(28(36)40-6-2)18(4)32-30(38)34-26/h7-14,25-26H,5-6,15-16H2,1-4H3,(H2,31,33,37)(H2,32,34,38)/t25-,26-/m1/s1. The monoisotopic (exact) mass is 578 g/mol. The summed E-state index contributed by atoms with van der Waals surface area (Å²) in [5, 5.41) is 10.8. The Labute approximate surface area is 243 Å². The van der Waals surface area contributed by atoms with Crippen LogP contribution in [0.25, 0.3) is 0 Å². The Bertz CT molecular complexity index is 1330. The lowest BCUT2D eigenvalue weighted by Crippen LogP contribution is -2.45. The summed E-state index contributed by atoms with van der Waals surface area (Å²) < 4.78 is 22.5. The van der Waals surface area contributed by atoms with Crippen LogP contribution in [0, 0.1) is 0 Å². The number of hydrogen-bond donors (Lipinski definition) is 4. The third kappa shape index (κ3) is 6.65. The van der Waals surface area contributed by atoms with Crippen molar-refractivity contribution in [3.8, 4) is 11.5 Å². The molecule has 2 aliphatic heterocycles. The number of urea groups is 2. The minimum absolute atomic E-state index is 0.111. The maximum Gasteiger partial charge on any atom is 0.338 e. The fourth-order valence-electron chi connectivity index (χ4n) is 4.82. The van der Waals surface area contributed by atoms with Crippen molar-refractivity contribution in [2.24, 2.45) is 0 Å². The Morgan fingerprint density at radius 2 is 1.05 bits per heavy atom. The molecule has 0 unspecified atom stereocenters. The Hall–Kier alpha value is -5.00. The van der Waals surface area contributed by atoms with E-state index in [4.69, 9.17) is 18.9 Å². The van der Waals surface area contributed by atoms with Crippen LogP contribution in [0.3, 0.4) is 0 Å². The largest absolute Gasteiger partial charge is 0.490 e. The molecule has 0 saturated carbocycles. The van der Waals surface area contributed by atoms with E-state index >= 15 is 0 Å². The highest BCUT2D eigenvalue weighted by Gasteiger charge is 2.35. The predicted octanol–water partition coefficient (Wildman–Crippen LogP) is 3.53. The summed E-state index contributed by atoms with van der Waals surface area (Å²) in [6, 6.07) is 11.7. The third-order valence-electron chi connectivity index (χ3n) is 6.59. The van der Waals surface area contributed by atoms with Crippen LogP contribution < -0.4 is 30.7 Å². The van der Waals surface area contributed by atoms with Gasteiger partial charge in [0.1, 0.15) is 24.7 Å². The van der Waals surface area contributed by atoms with E-state index in [1.165, 1.54) is 0 Å². The Morgan fingerprint density at radius 3 is 1.43 bits per heavy atom. The average Bonchev–Trinajstić information content (AvgIpc) is 2.95. The van der Waals surface area contributed by atoms with E-state index < -0.39 is 36.1 Å². The quantitative estimate of drug-likeness (QED) is 0.233. The van der Waals surface area contributed by atoms with Gasteiger partial charge < -0.3 is 40.2 Å². The summed E-state index contributed by atoms with van der Waals surface area (Å²) >= 11 is 0. The summed E-state index contributed by atoms with van der Waals surface area (Å²) in [5.74, 6) is -0.188. The van der Waals surface area contributed by atoms with Crippen molar-refractivity contribution in [1.29, 1.82) is 0 Å². The Balaban J connectivity index is 1.51. The molecular formula is C30H34N4O8. The van der Waals surface area contributed by atoms with Gasteiger partial charge in [0.05, 0.1) is 36.4 Å². The van der Waals surface area contributed by atoms with Gasteiger partial charge >= 0.3 is 24.0 Å².